The Balaban J connectivity index is 1.50. The molecule has 34 heavy (non-hydrogen) atoms. The maximum atomic E-state index is 13.2. The van der Waals surface area contributed by atoms with Crippen molar-refractivity contribution >= 4 is 28.3 Å². The van der Waals surface area contributed by atoms with E-state index in [1.807, 2.05) is 47.6 Å². The van der Waals surface area contributed by atoms with Crippen molar-refractivity contribution in [2.75, 3.05) is 26.7 Å². The van der Waals surface area contributed by atoms with Gasteiger partial charge in [-0.05, 0) is 62.1 Å². The van der Waals surface area contributed by atoms with E-state index in [-0.39, 0.29) is 23.8 Å². The van der Waals surface area contributed by atoms with Crippen molar-refractivity contribution in [1.82, 2.24) is 14.4 Å². The van der Waals surface area contributed by atoms with Gasteiger partial charge >= 0.3 is 0 Å². The molecule has 0 saturated heterocycles. The van der Waals surface area contributed by atoms with Crippen LogP contribution in [0.25, 0.3) is 16.5 Å². The standard InChI is InChI=1S/C29H33N3O2/c1-4-31(5-2)29(34)22-16-24-23-12-9-13-25-28(23)21(17-26(24)30(3)18-22)19-32(25)27(33)15-14-20-10-7-6-8-11-20/h6-13,16,19,22,26H,4-5,14-15,17-18H2,1-3H3/t22-,26-/m1/s1. The molecule has 176 valence electrons. The third-order valence-electron chi connectivity index (χ3n) is 7.52. The molecule has 0 saturated carbocycles. The van der Waals surface area contributed by atoms with Gasteiger partial charge in [-0.1, -0.05) is 48.5 Å². The fourth-order valence-corrected chi connectivity index (χ4v) is 5.70. The van der Waals surface area contributed by atoms with E-state index in [9.17, 15) is 9.59 Å². The molecule has 1 aromatic heterocycles. The van der Waals surface area contributed by atoms with Gasteiger partial charge in [-0.15, -0.1) is 0 Å². The molecular weight excluding hydrogens is 422 g/mol. The predicted octanol–water partition coefficient (Wildman–Crippen LogP) is 4.65. The third-order valence-corrected chi connectivity index (χ3v) is 7.52. The van der Waals surface area contributed by atoms with Crippen molar-refractivity contribution < 1.29 is 9.59 Å². The second kappa shape index (κ2) is 9.22. The highest BCUT2D eigenvalue weighted by Crippen LogP contribution is 2.42. The molecule has 2 atom stereocenters. The molecule has 3 aromatic rings. The van der Waals surface area contributed by atoms with E-state index in [1.54, 1.807) is 0 Å². The molecule has 0 radical (unpaired) electrons. The Morgan fingerprint density at radius 3 is 2.53 bits per heavy atom. The highest BCUT2D eigenvalue weighted by atomic mass is 16.2. The summed E-state index contributed by atoms with van der Waals surface area (Å²) in [5.41, 5.74) is 5.78. The number of aromatic nitrogens is 1. The van der Waals surface area contributed by atoms with Crippen LogP contribution < -0.4 is 0 Å². The molecule has 0 bridgehead atoms. The van der Waals surface area contributed by atoms with Crippen LogP contribution >= 0.6 is 0 Å². The van der Waals surface area contributed by atoms with Gasteiger partial charge in [0.15, 0.2) is 0 Å². The maximum absolute atomic E-state index is 13.2. The fraction of sp³-hybridized carbons (Fsp3) is 0.379. The van der Waals surface area contributed by atoms with Crippen LogP contribution in [-0.4, -0.2) is 58.9 Å². The van der Waals surface area contributed by atoms with Gasteiger partial charge in [0, 0.05) is 43.7 Å². The summed E-state index contributed by atoms with van der Waals surface area (Å²) in [4.78, 5) is 30.6. The number of aryl methyl sites for hydroxylation is 1. The average Bonchev–Trinajstić information content (AvgIpc) is 3.24. The first kappa shape index (κ1) is 22.6. The summed E-state index contributed by atoms with van der Waals surface area (Å²) in [6.07, 6.45) is 6.34. The Morgan fingerprint density at radius 2 is 1.79 bits per heavy atom. The summed E-state index contributed by atoms with van der Waals surface area (Å²) in [7, 11) is 2.12. The Hall–Kier alpha value is -3.18. The van der Waals surface area contributed by atoms with Crippen LogP contribution in [0.2, 0.25) is 0 Å². The van der Waals surface area contributed by atoms with Crippen LogP contribution in [0.15, 0.2) is 60.8 Å². The maximum Gasteiger partial charge on any atom is 0.231 e. The summed E-state index contributed by atoms with van der Waals surface area (Å²) in [6, 6.07) is 16.7. The van der Waals surface area contributed by atoms with Crippen molar-refractivity contribution in [3.63, 3.8) is 0 Å². The Bertz CT molecular complexity index is 1250. The molecule has 0 N–H and O–H groups in total. The molecule has 0 unspecified atom stereocenters. The summed E-state index contributed by atoms with van der Waals surface area (Å²) in [5.74, 6) is 0.191. The predicted molar refractivity (Wildman–Crippen MR) is 137 cm³/mol. The molecule has 0 spiro atoms. The molecule has 2 aromatic carbocycles. The smallest absolute Gasteiger partial charge is 0.231 e. The number of hydrogen-bond acceptors (Lipinski definition) is 3. The lowest BCUT2D eigenvalue weighted by atomic mass is 9.79. The van der Waals surface area contributed by atoms with Crippen molar-refractivity contribution in [2.24, 2.45) is 5.92 Å². The van der Waals surface area contributed by atoms with E-state index >= 15 is 0 Å². The number of benzene rings is 2. The van der Waals surface area contributed by atoms with Crippen molar-refractivity contribution in [2.45, 2.75) is 39.2 Å². The lowest BCUT2D eigenvalue weighted by Gasteiger charge is -2.40. The first-order chi connectivity index (χ1) is 16.5. The van der Waals surface area contributed by atoms with Crippen LogP contribution in [0.3, 0.4) is 0 Å². The van der Waals surface area contributed by atoms with E-state index < -0.39 is 0 Å². The van der Waals surface area contributed by atoms with Crippen LogP contribution in [0, 0.1) is 5.92 Å². The molecule has 5 rings (SSSR count). The fourth-order valence-electron chi connectivity index (χ4n) is 5.70. The van der Waals surface area contributed by atoms with Gasteiger partial charge in [-0.2, -0.15) is 0 Å². The molecule has 1 aliphatic heterocycles. The second-order valence-electron chi connectivity index (χ2n) is 9.50. The molecule has 1 aliphatic carbocycles. The minimum absolute atomic E-state index is 0.124. The number of hydrogen-bond donors (Lipinski definition) is 0. The van der Waals surface area contributed by atoms with Crippen LogP contribution in [0.5, 0.6) is 0 Å². The molecule has 0 fully saturated rings. The van der Waals surface area contributed by atoms with Gasteiger partial charge in [0.25, 0.3) is 0 Å². The summed E-state index contributed by atoms with van der Waals surface area (Å²) >= 11 is 0. The van der Waals surface area contributed by atoms with Gasteiger partial charge in [-0.25, -0.2) is 0 Å². The van der Waals surface area contributed by atoms with Crippen LogP contribution in [0.4, 0.5) is 0 Å². The average molecular weight is 456 g/mol. The van der Waals surface area contributed by atoms with Crippen LogP contribution in [-0.2, 0) is 17.6 Å². The summed E-state index contributed by atoms with van der Waals surface area (Å²) < 4.78 is 1.85. The van der Waals surface area contributed by atoms with E-state index in [2.05, 4.69) is 48.5 Å². The number of nitrogens with zero attached hydrogens (tertiary/aromatic N) is 3. The number of carbonyl (C=O) groups is 2. The molecular formula is C29H33N3O2. The van der Waals surface area contributed by atoms with Gasteiger partial charge in [0.1, 0.15) is 0 Å². The number of likely N-dealkylation sites (N-methyl/N-ethyl adjacent to an activating group) is 1. The van der Waals surface area contributed by atoms with Crippen molar-refractivity contribution in [3.8, 4) is 0 Å². The lowest BCUT2D eigenvalue weighted by Crippen LogP contribution is -2.47. The van der Waals surface area contributed by atoms with E-state index in [0.717, 1.165) is 38.0 Å². The van der Waals surface area contributed by atoms with Gasteiger partial charge in [0.05, 0.1) is 11.4 Å². The monoisotopic (exact) mass is 455 g/mol. The number of amides is 1. The van der Waals surface area contributed by atoms with Crippen molar-refractivity contribution in [3.05, 3.63) is 77.5 Å². The van der Waals surface area contributed by atoms with Gasteiger partial charge in [-0.3, -0.25) is 19.1 Å². The topological polar surface area (TPSA) is 45.6 Å². The van der Waals surface area contributed by atoms with E-state index in [1.165, 1.54) is 27.6 Å². The normalized spacial score (nSPS) is 19.6. The molecule has 5 nitrogen and oxygen atoms in total. The number of rotatable bonds is 6. The largest absolute Gasteiger partial charge is 0.343 e. The van der Waals surface area contributed by atoms with E-state index in [4.69, 9.17) is 0 Å². The van der Waals surface area contributed by atoms with Crippen molar-refractivity contribution in [1.29, 1.82) is 0 Å². The Labute approximate surface area is 201 Å². The first-order valence-electron chi connectivity index (χ1n) is 12.4. The SMILES string of the molecule is CCN(CC)C(=O)[C@@H]1C=C2c3cccc4c3c(cn4C(=O)CCc3ccccc3)C[C@H]2N(C)C1. The Kier molecular flexibility index (Phi) is 6.13. The lowest BCUT2D eigenvalue weighted by molar-refractivity contribution is -0.134. The van der Waals surface area contributed by atoms with Gasteiger partial charge < -0.3 is 4.90 Å². The zero-order valence-corrected chi connectivity index (χ0v) is 20.3. The third kappa shape index (κ3) is 3.88. The minimum atomic E-state index is -0.137. The molecule has 1 amide bonds. The molecule has 2 heterocycles. The zero-order valence-electron chi connectivity index (χ0n) is 20.3. The van der Waals surface area contributed by atoms with Crippen LogP contribution in [0.1, 0.15) is 41.8 Å². The second-order valence-corrected chi connectivity index (χ2v) is 9.50. The first-order valence-corrected chi connectivity index (χ1v) is 12.4. The highest BCUT2D eigenvalue weighted by molar-refractivity contribution is 6.03. The van der Waals surface area contributed by atoms with Gasteiger partial charge in [0.2, 0.25) is 11.8 Å². The number of carbonyl (C=O) groups excluding carboxylic acids is 2. The highest BCUT2D eigenvalue weighted by Gasteiger charge is 2.37. The van der Waals surface area contributed by atoms with E-state index in [0.29, 0.717) is 6.42 Å². The minimum Gasteiger partial charge on any atom is -0.343 e. The summed E-state index contributed by atoms with van der Waals surface area (Å²) in [5, 5.41) is 1.17. The quantitative estimate of drug-likeness (QED) is 0.543. The zero-order chi connectivity index (χ0) is 23.8. The molecule has 2 aliphatic rings. The Morgan fingerprint density at radius 1 is 1.03 bits per heavy atom. The number of fused-ring (bicyclic) bond motifs is 2. The molecule has 5 heteroatoms. The summed E-state index contributed by atoms with van der Waals surface area (Å²) in [6.45, 7) is 6.27.